The Bertz CT molecular complexity index is 1460. The number of amides is 2. The molecule has 2 aliphatic rings. The number of β-lactam (4-membered cyclic amide) rings is 1. The molecular formula is C21H19N7O4S4. The Labute approximate surface area is 223 Å². The van der Waals surface area contributed by atoms with E-state index in [0.29, 0.717) is 5.75 Å². The summed E-state index contributed by atoms with van der Waals surface area (Å²) in [5.74, 6) is -0.648. The number of aromatic nitrogens is 3. The fraction of sp³-hybridized carbons (Fsp3) is 0.286. The maximum atomic E-state index is 13.2. The molecule has 0 aromatic carbocycles. The molecule has 0 saturated carbocycles. The molecule has 1 saturated heterocycles. The van der Waals surface area contributed by atoms with E-state index in [1.165, 1.54) is 16.7 Å². The molecule has 15 heteroatoms. The number of rotatable bonds is 7. The number of anilines is 1. The number of aryl methyl sites for hydroxylation is 1. The van der Waals surface area contributed by atoms with Crippen molar-refractivity contribution in [1.29, 1.82) is 0 Å². The highest BCUT2D eigenvalue weighted by molar-refractivity contribution is 8.00. The quantitative estimate of drug-likeness (QED) is 0.141. The second-order valence-corrected chi connectivity index (χ2v) is 11.2. The van der Waals surface area contributed by atoms with Gasteiger partial charge in [0.15, 0.2) is 17.5 Å². The number of hydrogen-bond donors (Lipinski definition) is 2. The molecule has 0 spiro atoms. The Morgan fingerprint density at radius 2 is 2.25 bits per heavy atom. The summed E-state index contributed by atoms with van der Waals surface area (Å²) in [5, 5.41) is 6.58. The molecule has 11 nitrogen and oxygen atoms in total. The van der Waals surface area contributed by atoms with Crippen LogP contribution >= 0.6 is 34.6 Å². The molecule has 186 valence electrons. The van der Waals surface area contributed by atoms with Gasteiger partial charge in [0, 0.05) is 38.5 Å². The van der Waals surface area contributed by atoms with Gasteiger partial charge in [0.1, 0.15) is 25.1 Å². The average Bonchev–Trinajstić information content (AvgIpc) is 3.47. The molecule has 3 aromatic rings. The van der Waals surface area contributed by atoms with Crippen molar-refractivity contribution in [2.24, 2.45) is 12.2 Å². The van der Waals surface area contributed by atoms with E-state index in [1.807, 2.05) is 36.1 Å². The van der Waals surface area contributed by atoms with Crippen molar-refractivity contribution < 1.29 is 23.8 Å². The third-order valence-corrected chi connectivity index (χ3v) is 8.69. The van der Waals surface area contributed by atoms with Crippen LogP contribution in [-0.4, -0.2) is 60.7 Å². The molecule has 5 rings (SSSR count). The molecule has 0 radical (unpaired) electrons. The van der Waals surface area contributed by atoms with Crippen LogP contribution in [0.3, 0.4) is 0 Å². The number of oxime groups is 1. The van der Waals surface area contributed by atoms with Crippen LogP contribution in [0.2, 0.25) is 0 Å². The van der Waals surface area contributed by atoms with Gasteiger partial charge in [-0.05, 0) is 13.0 Å². The lowest BCUT2D eigenvalue weighted by molar-refractivity contribution is -0.670. The highest BCUT2D eigenvalue weighted by atomic mass is 32.2. The van der Waals surface area contributed by atoms with Gasteiger partial charge in [-0.2, -0.15) is 9.36 Å². The Kier molecular flexibility index (Phi) is 6.63. The van der Waals surface area contributed by atoms with Gasteiger partial charge >= 0.3 is 0 Å². The van der Waals surface area contributed by atoms with Crippen molar-refractivity contribution in [2.45, 2.75) is 18.3 Å². The molecule has 0 aliphatic carbocycles. The lowest BCUT2D eigenvalue weighted by Gasteiger charge is -2.50. The van der Waals surface area contributed by atoms with Gasteiger partial charge in [0.25, 0.3) is 11.8 Å². The van der Waals surface area contributed by atoms with E-state index in [4.69, 9.17) is 23.2 Å². The van der Waals surface area contributed by atoms with Gasteiger partial charge < -0.3 is 33.3 Å². The molecule has 3 aromatic heterocycles. The molecular weight excluding hydrogens is 543 g/mol. The van der Waals surface area contributed by atoms with E-state index >= 15 is 0 Å². The molecule has 36 heavy (non-hydrogen) atoms. The van der Waals surface area contributed by atoms with E-state index in [0.717, 1.165) is 32.1 Å². The first kappa shape index (κ1) is 24.5. The van der Waals surface area contributed by atoms with Crippen LogP contribution in [0.25, 0.3) is 15.7 Å². The Balaban J connectivity index is 1.41. The van der Waals surface area contributed by atoms with Crippen LogP contribution < -0.4 is 15.6 Å². The first-order valence-electron chi connectivity index (χ1n) is 10.7. The third kappa shape index (κ3) is 4.31. The van der Waals surface area contributed by atoms with Crippen LogP contribution in [0.5, 0.6) is 0 Å². The van der Waals surface area contributed by atoms with E-state index in [-0.39, 0.29) is 29.0 Å². The number of carbonyl (C=O) groups is 3. The van der Waals surface area contributed by atoms with Gasteiger partial charge in [-0.1, -0.05) is 5.16 Å². The minimum atomic E-state index is -0.877. The summed E-state index contributed by atoms with van der Waals surface area (Å²) in [6, 6.07) is 3.13. The summed E-state index contributed by atoms with van der Waals surface area (Å²) in [6.45, 7) is 1.93. The first-order valence-corrected chi connectivity index (χ1v) is 13.7. The number of carbonyl (C=O) groups excluding carboxylic acids is 3. The number of pyridine rings is 1. The number of nitrogens with two attached hydrogens (primary N) is 1. The molecule has 1 fully saturated rings. The fourth-order valence-corrected chi connectivity index (χ4v) is 7.08. The highest BCUT2D eigenvalue weighted by Crippen LogP contribution is 2.45. The molecule has 5 heterocycles. The maximum absolute atomic E-state index is 13.2. The number of nitrogens with zero attached hydrogens (tertiary/aromatic N) is 5. The predicted molar refractivity (Wildman–Crippen MR) is 140 cm³/mol. The fourth-order valence-electron chi connectivity index (χ4n) is 3.90. The van der Waals surface area contributed by atoms with Crippen LogP contribution in [0, 0.1) is 0 Å². The Morgan fingerprint density at radius 1 is 1.44 bits per heavy atom. The minimum absolute atomic E-state index is 0.00476. The number of fused-ring (bicyclic) bond motifs is 2. The highest BCUT2D eigenvalue weighted by Gasteiger charge is 2.53. The van der Waals surface area contributed by atoms with Crippen LogP contribution in [0.4, 0.5) is 5.13 Å². The largest absolute Gasteiger partial charge is 0.735 e. The van der Waals surface area contributed by atoms with Crippen molar-refractivity contribution in [3.63, 3.8) is 0 Å². The normalized spacial score (nSPS) is 19.8. The maximum Gasteiger partial charge on any atom is 0.278 e. The smallest absolute Gasteiger partial charge is 0.278 e. The number of nitrogens with one attached hydrogen (secondary N) is 1. The number of nitrogen functional groups attached to an aromatic ring is 1. The van der Waals surface area contributed by atoms with Gasteiger partial charge in [-0.15, -0.1) is 23.1 Å². The number of thiophene rings is 1. The average molecular weight is 562 g/mol. The molecule has 2 atom stereocenters. The second kappa shape index (κ2) is 9.72. The SMILES string of the molecule is CCO/N=C(\C(=O)N[C@@H]1C(=O)N2C(C(=O)[S-])=C(c3cc4c[n+](C)ccc4s3)CS[C@H]12)c1nsc(N)n1. The Morgan fingerprint density at radius 3 is 2.94 bits per heavy atom. The zero-order chi connectivity index (χ0) is 25.6. The predicted octanol–water partition coefficient (Wildman–Crippen LogP) is 0.785. The molecule has 3 N–H and O–H groups in total. The summed E-state index contributed by atoms with van der Waals surface area (Å²) < 4.78 is 7.02. The van der Waals surface area contributed by atoms with Gasteiger partial charge in [0.2, 0.25) is 11.5 Å². The Hall–Kier alpha value is -3.14. The van der Waals surface area contributed by atoms with E-state index in [2.05, 4.69) is 19.8 Å². The van der Waals surface area contributed by atoms with E-state index in [9.17, 15) is 14.4 Å². The molecule has 0 unspecified atom stereocenters. The van der Waals surface area contributed by atoms with Gasteiger partial charge in [0.05, 0.1) is 16.2 Å². The van der Waals surface area contributed by atoms with E-state index < -0.39 is 28.3 Å². The van der Waals surface area contributed by atoms with Crippen molar-refractivity contribution in [1.82, 2.24) is 19.6 Å². The molecule has 2 aliphatic heterocycles. The minimum Gasteiger partial charge on any atom is -0.735 e. The number of hydrogen-bond acceptors (Lipinski definition) is 12. The summed E-state index contributed by atoms with van der Waals surface area (Å²) in [5.41, 5.74) is 6.36. The lowest BCUT2D eigenvalue weighted by Crippen LogP contribution is -2.70. The first-order chi connectivity index (χ1) is 17.3. The second-order valence-electron chi connectivity index (χ2n) is 7.83. The third-order valence-electron chi connectivity index (χ3n) is 5.49. The van der Waals surface area contributed by atoms with Crippen LogP contribution in [-0.2, 0) is 38.9 Å². The molecule has 2 amide bonds. The molecule has 0 bridgehead atoms. The topological polar surface area (TPSA) is 144 Å². The van der Waals surface area contributed by atoms with Crippen LogP contribution in [0.1, 0.15) is 17.6 Å². The lowest BCUT2D eigenvalue weighted by atomic mass is 10.0. The van der Waals surface area contributed by atoms with Crippen molar-refractivity contribution in [3.05, 3.63) is 40.9 Å². The number of thioether (sulfide) groups is 1. The zero-order valence-corrected chi connectivity index (χ0v) is 22.2. The summed E-state index contributed by atoms with van der Waals surface area (Å²) >= 11 is 8.93. The zero-order valence-electron chi connectivity index (χ0n) is 19.0. The summed E-state index contributed by atoms with van der Waals surface area (Å²) in [7, 11) is 1.94. The van der Waals surface area contributed by atoms with Crippen LogP contribution in [0.15, 0.2) is 35.4 Å². The van der Waals surface area contributed by atoms with Gasteiger partial charge in [-0.25, -0.2) is 4.57 Å². The van der Waals surface area contributed by atoms with Gasteiger partial charge in [-0.3, -0.25) is 14.5 Å². The standard InChI is InChI=1S/C21H19N7O4S4/c1-3-32-25-13(16-24-21(22)36-26-16)17(29)23-14-18(30)28-15(20(31)33)10(8-34-19(14)28)12-6-9-7-27(2)5-4-11(9)35-12/h4-7,14,19H,3,8H2,1-2H3,(H3-,22,23,24,26,29,31,33)/b25-13-/t14-,19-/m1/s1. The van der Waals surface area contributed by atoms with Crippen molar-refractivity contribution in [2.75, 3.05) is 18.1 Å². The summed E-state index contributed by atoms with van der Waals surface area (Å²) in [6.07, 6.45) is 3.95. The van der Waals surface area contributed by atoms with E-state index in [1.54, 1.807) is 18.3 Å². The summed E-state index contributed by atoms with van der Waals surface area (Å²) in [4.78, 5) is 50.0. The van der Waals surface area contributed by atoms with Crippen molar-refractivity contribution >= 4 is 90.7 Å². The van der Waals surface area contributed by atoms with Crippen molar-refractivity contribution in [3.8, 4) is 0 Å². The monoisotopic (exact) mass is 561 g/mol.